The summed E-state index contributed by atoms with van der Waals surface area (Å²) >= 11 is 1.32. The number of benzene rings is 1. The number of carbonyl (C=O) groups is 1. The van der Waals surface area contributed by atoms with Crippen molar-refractivity contribution < 1.29 is 14.3 Å². The highest BCUT2D eigenvalue weighted by Crippen LogP contribution is 2.18. The number of aromatic nitrogens is 2. The fourth-order valence-electron chi connectivity index (χ4n) is 2.02. The first-order valence-corrected chi connectivity index (χ1v) is 8.85. The third kappa shape index (κ3) is 4.69. The van der Waals surface area contributed by atoms with Crippen molar-refractivity contribution in [1.29, 1.82) is 0 Å². The Kier molecular flexibility index (Phi) is 6.35. The Bertz CT molecular complexity index is 776. The Morgan fingerprint density at radius 2 is 2.04 bits per heavy atom. The molecule has 0 bridgehead atoms. The lowest BCUT2D eigenvalue weighted by atomic mass is 10.2. The SMILES string of the molecule is CCOC(=O)c1cnc(SC)nc1C=[N+]([O-])c1ccc(N(C)C)cc1. The minimum atomic E-state index is -0.558. The fourth-order valence-corrected chi connectivity index (χ4v) is 2.37. The van der Waals surface area contributed by atoms with E-state index in [4.69, 9.17) is 4.74 Å². The maximum absolute atomic E-state index is 12.5. The van der Waals surface area contributed by atoms with E-state index in [1.165, 1.54) is 24.2 Å². The lowest BCUT2D eigenvalue weighted by molar-refractivity contribution is -0.354. The van der Waals surface area contributed by atoms with Crippen LogP contribution in [0.5, 0.6) is 0 Å². The van der Waals surface area contributed by atoms with Gasteiger partial charge in [0.05, 0.1) is 6.61 Å². The second-order valence-corrected chi connectivity index (χ2v) is 6.02. The Hall–Kier alpha value is -2.61. The van der Waals surface area contributed by atoms with Gasteiger partial charge in [-0.15, -0.1) is 0 Å². The van der Waals surface area contributed by atoms with Crippen molar-refractivity contribution in [3.8, 4) is 0 Å². The molecule has 0 unspecified atom stereocenters. The molecule has 7 nitrogen and oxygen atoms in total. The van der Waals surface area contributed by atoms with E-state index in [1.54, 1.807) is 19.1 Å². The number of rotatable bonds is 6. The lowest BCUT2D eigenvalue weighted by Crippen LogP contribution is -2.13. The van der Waals surface area contributed by atoms with Crippen LogP contribution in [0.1, 0.15) is 23.0 Å². The van der Waals surface area contributed by atoms with Gasteiger partial charge in [-0.25, -0.2) is 14.8 Å². The van der Waals surface area contributed by atoms with Gasteiger partial charge in [0.2, 0.25) is 11.9 Å². The van der Waals surface area contributed by atoms with Crippen molar-refractivity contribution in [2.75, 3.05) is 31.9 Å². The molecular formula is C17H20N4O3S. The van der Waals surface area contributed by atoms with Gasteiger partial charge in [0.1, 0.15) is 11.3 Å². The van der Waals surface area contributed by atoms with Gasteiger partial charge in [-0.2, -0.15) is 4.74 Å². The molecule has 25 heavy (non-hydrogen) atoms. The van der Waals surface area contributed by atoms with Crippen molar-refractivity contribution in [2.24, 2.45) is 0 Å². The summed E-state index contributed by atoms with van der Waals surface area (Å²) in [6, 6.07) is 7.10. The topological polar surface area (TPSA) is 81.4 Å². The summed E-state index contributed by atoms with van der Waals surface area (Å²) in [5.41, 5.74) is 1.80. The smallest absolute Gasteiger partial charge is 0.342 e. The first-order valence-electron chi connectivity index (χ1n) is 7.63. The Labute approximate surface area is 150 Å². The molecule has 1 aromatic heterocycles. The van der Waals surface area contributed by atoms with E-state index in [2.05, 4.69) is 9.97 Å². The molecule has 0 aliphatic carbocycles. The van der Waals surface area contributed by atoms with E-state index < -0.39 is 5.97 Å². The van der Waals surface area contributed by atoms with Gasteiger partial charge in [0, 0.05) is 38.1 Å². The maximum atomic E-state index is 12.5. The van der Waals surface area contributed by atoms with E-state index in [0.717, 1.165) is 5.69 Å². The van der Waals surface area contributed by atoms with Gasteiger partial charge in [-0.3, -0.25) is 0 Å². The lowest BCUT2D eigenvalue weighted by Gasteiger charge is -2.12. The summed E-state index contributed by atoms with van der Waals surface area (Å²) in [4.78, 5) is 22.3. The van der Waals surface area contributed by atoms with Gasteiger partial charge in [-0.1, -0.05) is 11.8 Å². The Balaban J connectivity index is 2.41. The van der Waals surface area contributed by atoms with Crippen LogP contribution in [-0.2, 0) is 4.74 Å². The summed E-state index contributed by atoms with van der Waals surface area (Å²) in [6.45, 7) is 1.94. The zero-order valence-corrected chi connectivity index (χ0v) is 15.4. The van der Waals surface area contributed by atoms with E-state index in [0.29, 0.717) is 15.6 Å². The van der Waals surface area contributed by atoms with E-state index in [-0.39, 0.29) is 17.9 Å². The summed E-state index contributed by atoms with van der Waals surface area (Å²) in [5, 5.41) is 12.9. The molecule has 132 valence electrons. The predicted octanol–water partition coefficient (Wildman–Crippen LogP) is 2.70. The van der Waals surface area contributed by atoms with Gasteiger partial charge in [0.15, 0.2) is 5.16 Å². The maximum Gasteiger partial charge on any atom is 0.342 e. The van der Waals surface area contributed by atoms with Crippen LogP contribution in [0.4, 0.5) is 11.4 Å². The minimum absolute atomic E-state index is 0.158. The number of anilines is 1. The van der Waals surface area contributed by atoms with Crippen LogP contribution in [-0.4, -0.2) is 53.8 Å². The number of ether oxygens (including phenoxy) is 1. The number of thioether (sulfide) groups is 1. The largest absolute Gasteiger partial charge is 0.618 e. The average Bonchev–Trinajstić information content (AvgIpc) is 2.61. The number of esters is 1. The molecule has 0 atom stereocenters. The molecule has 0 radical (unpaired) electrons. The van der Waals surface area contributed by atoms with Gasteiger partial charge >= 0.3 is 5.97 Å². The van der Waals surface area contributed by atoms with Crippen molar-refractivity contribution in [2.45, 2.75) is 12.1 Å². The average molecular weight is 360 g/mol. The molecule has 0 spiro atoms. The first-order chi connectivity index (χ1) is 12.0. The van der Waals surface area contributed by atoms with Crippen LogP contribution >= 0.6 is 11.8 Å². The summed E-state index contributed by atoms with van der Waals surface area (Å²) in [7, 11) is 3.85. The molecule has 0 amide bonds. The van der Waals surface area contributed by atoms with Gasteiger partial charge in [-0.05, 0) is 25.3 Å². The van der Waals surface area contributed by atoms with Crippen LogP contribution < -0.4 is 4.90 Å². The molecular weight excluding hydrogens is 340 g/mol. The molecule has 0 aliphatic heterocycles. The molecule has 0 N–H and O–H groups in total. The summed E-state index contributed by atoms with van der Waals surface area (Å²) < 4.78 is 5.67. The Morgan fingerprint density at radius 1 is 1.36 bits per heavy atom. The van der Waals surface area contributed by atoms with E-state index in [1.807, 2.05) is 37.4 Å². The van der Waals surface area contributed by atoms with Crippen LogP contribution in [0.15, 0.2) is 35.6 Å². The van der Waals surface area contributed by atoms with Crippen LogP contribution in [0.25, 0.3) is 0 Å². The number of carbonyl (C=O) groups excluding carboxylic acids is 1. The highest BCUT2D eigenvalue weighted by atomic mass is 32.2. The standard InChI is InChI=1S/C17H20N4O3S/c1-5-24-16(22)14-10-18-17(25-4)19-15(14)11-21(23)13-8-6-12(7-9-13)20(2)3/h6-11H,5H2,1-4H3. The van der Waals surface area contributed by atoms with Crippen LogP contribution in [0, 0.1) is 5.21 Å². The second-order valence-electron chi connectivity index (χ2n) is 5.24. The minimum Gasteiger partial charge on any atom is -0.618 e. The van der Waals surface area contributed by atoms with Crippen molar-refractivity contribution in [1.82, 2.24) is 9.97 Å². The molecule has 2 rings (SSSR count). The molecule has 1 aromatic carbocycles. The molecule has 0 aliphatic rings. The third-order valence-electron chi connectivity index (χ3n) is 3.33. The zero-order chi connectivity index (χ0) is 18.4. The van der Waals surface area contributed by atoms with Crippen molar-refractivity contribution >= 4 is 35.3 Å². The first kappa shape index (κ1) is 18.7. The summed E-state index contributed by atoms with van der Waals surface area (Å²) in [5.74, 6) is -0.558. The predicted molar refractivity (Wildman–Crippen MR) is 99.0 cm³/mol. The van der Waals surface area contributed by atoms with E-state index >= 15 is 0 Å². The highest BCUT2D eigenvalue weighted by molar-refractivity contribution is 7.98. The number of nitrogens with zero attached hydrogens (tertiary/aromatic N) is 4. The second kappa shape index (κ2) is 8.48. The van der Waals surface area contributed by atoms with Gasteiger partial charge in [0.25, 0.3) is 0 Å². The molecule has 0 saturated carbocycles. The Morgan fingerprint density at radius 3 is 2.60 bits per heavy atom. The van der Waals surface area contributed by atoms with Gasteiger partial charge < -0.3 is 14.8 Å². The number of hydrogen-bond acceptors (Lipinski definition) is 7. The third-order valence-corrected chi connectivity index (χ3v) is 3.90. The molecule has 8 heteroatoms. The number of hydrogen-bond donors (Lipinski definition) is 0. The normalized spacial score (nSPS) is 11.3. The molecule has 0 fully saturated rings. The zero-order valence-electron chi connectivity index (χ0n) is 14.6. The van der Waals surface area contributed by atoms with Crippen molar-refractivity contribution in [3.63, 3.8) is 0 Å². The monoisotopic (exact) mass is 360 g/mol. The quantitative estimate of drug-likeness (QED) is 0.149. The van der Waals surface area contributed by atoms with E-state index in [9.17, 15) is 10.0 Å². The summed E-state index contributed by atoms with van der Waals surface area (Å²) in [6.07, 6.45) is 4.46. The highest BCUT2D eigenvalue weighted by Gasteiger charge is 2.17. The van der Waals surface area contributed by atoms with Crippen LogP contribution in [0.3, 0.4) is 0 Å². The molecule has 0 saturated heterocycles. The fraction of sp³-hybridized carbons (Fsp3) is 0.294. The molecule has 2 aromatic rings. The van der Waals surface area contributed by atoms with Crippen LogP contribution in [0.2, 0.25) is 0 Å². The molecule has 1 heterocycles. The van der Waals surface area contributed by atoms with Crippen molar-refractivity contribution in [3.05, 3.63) is 46.9 Å².